The lowest BCUT2D eigenvalue weighted by molar-refractivity contribution is -0.126. The molecular formula is C12H22N4O2. The Hall–Kier alpha value is -1.16. The predicted molar refractivity (Wildman–Crippen MR) is 67.9 cm³/mol. The zero-order chi connectivity index (χ0) is 13.4. The molecule has 1 rings (SSSR count). The van der Waals surface area contributed by atoms with E-state index in [1.54, 1.807) is 7.11 Å². The third-order valence-electron chi connectivity index (χ3n) is 3.14. The Morgan fingerprint density at radius 2 is 2.50 bits per heavy atom. The molecule has 0 radical (unpaired) electrons. The number of carbonyl (C=O) groups is 1. The highest BCUT2D eigenvalue weighted by atomic mass is 16.5. The average molecular weight is 254 g/mol. The summed E-state index contributed by atoms with van der Waals surface area (Å²) in [5.41, 5.74) is 0. The molecule has 1 amide bonds. The van der Waals surface area contributed by atoms with Crippen molar-refractivity contribution in [3.8, 4) is 6.07 Å². The number of ether oxygens (including phenoxy) is 1. The Kier molecular flexibility index (Phi) is 6.65. The van der Waals surface area contributed by atoms with Gasteiger partial charge in [-0.2, -0.15) is 5.26 Å². The molecule has 6 heteroatoms. The third-order valence-corrected chi connectivity index (χ3v) is 3.14. The van der Waals surface area contributed by atoms with E-state index in [2.05, 4.69) is 16.7 Å². The molecule has 2 atom stereocenters. The molecule has 1 aliphatic rings. The molecule has 0 aromatic carbocycles. The molecule has 0 spiro atoms. The maximum atomic E-state index is 11.9. The van der Waals surface area contributed by atoms with Crippen LogP contribution in [0.4, 0.5) is 0 Å². The average Bonchev–Trinajstić information content (AvgIpc) is 2.42. The van der Waals surface area contributed by atoms with E-state index in [4.69, 9.17) is 10.00 Å². The highest BCUT2D eigenvalue weighted by molar-refractivity contribution is 5.81. The van der Waals surface area contributed by atoms with Crippen molar-refractivity contribution in [2.45, 2.75) is 25.4 Å². The van der Waals surface area contributed by atoms with Crippen LogP contribution in [0.15, 0.2) is 0 Å². The number of methoxy groups -OCH3 is 1. The van der Waals surface area contributed by atoms with Crippen LogP contribution in [-0.2, 0) is 9.53 Å². The van der Waals surface area contributed by atoms with E-state index in [-0.39, 0.29) is 18.0 Å². The number of rotatable bonds is 6. The van der Waals surface area contributed by atoms with Crippen LogP contribution in [0.2, 0.25) is 0 Å². The summed E-state index contributed by atoms with van der Waals surface area (Å²) < 4.78 is 4.92. The first-order valence-corrected chi connectivity index (χ1v) is 6.33. The van der Waals surface area contributed by atoms with Crippen molar-refractivity contribution in [1.29, 1.82) is 5.26 Å². The number of nitrogens with one attached hydrogen (secondary N) is 2. The highest BCUT2D eigenvalue weighted by Gasteiger charge is 2.29. The molecular weight excluding hydrogens is 232 g/mol. The quantitative estimate of drug-likeness (QED) is 0.614. The molecule has 1 heterocycles. The smallest absolute Gasteiger partial charge is 0.237 e. The van der Waals surface area contributed by atoms with Gasteiger partial charge in [0.1, 0.15) is 6.04 Å². The van der Waals surface area contributed by atoms with Crippen molar-refractivity contribution in [3.63, 3.8) is 0 Å². The van der Waals surface area contributed by atoms with Crippen LogP contribution in [0.25, 0.3) is 0 Å². The minimum atomic E-state index is -0.265. The monoisotopic (exact) mass is 254 g/mol. The summed E-state index contributed by atoms with van der Waals surface area (Å²) in [6.07, 6.45) is 0.804. The lowest BCUT2D eigenvalue weighted by Gasteiger charge is -2.35. The molecule has 0 aromatic rings. The summed E-state index contributed by atoms with van der Waals surface area (Å²) in [4.78, 5) is 13.9. The summed E-state index contributed by atoms with van der Waals surface area (Å²) >= 11 is 0. The molecule has 1 aliphatic heterocycles. The molecule has 102 valence electrons. The normalized spacial score (nSPS) is 22.2. The van der Waals surface area contributed by atoms with Crippen LogP contribution in [0.3, 0.4) is 0 Å². The Morgan fingerprint density at radius 3 is 3.17 bits per heavy atom. The molecule has 6 nitrogen and oxygen atoms in total. The van der Waals surface area contributed by atoms with Gasteiger partial charge in [-0.05, 0) is 13.3 Å². The van der Waals surface area contributed by atoms with Gasteiger partial charge in [0.15, 0.2) is 0 Å². The van der Waals surface area contributed by atoms with Crippen molar-refractivity contribution in [2.24, 2.45) is 0 Å². The number of nitriles is 1. The minimum absolute atomic E-state index is 0.0201. The van der Waals surface area contributed by atoms with E-state index in [1.165, 1.54) is 0 Å². The first-order valence-electron chi connectivity index (χ1n) is 6.33. The largest absolute Gasteiger partial charge is 0.385 e. The van der Waals surface area contributed by atoms with Gasteiger partial charge >= 0.3 is 0 Å². The number of amides is 1. The fourth-order valence-electron chi connectivity index (χ4n) is 2.03. The fourth-order valence-corrected chi connectivity index (χ4v) is 2.03. The van der Waals surface area contributed by atoms with Crippen LogP contribution in [0.5, 0.6) is 0 Å². The molecule has 2 N–H and O–H groups in total. The van der Waals surface area contributed by atoms with Crippen LogP contribution in [-0.4, -0.2) is 62.8 Å². The lowest BCUT2D eigenvalue weighted by Crippen LogP contribution is -2.57. The summed E-state index contributed by atoms with van der Waals surface area (Å²) in [5, 5.41) is 15.1. The summed E-state index contributed by atoms with van der Waals surface area (Å²) in [6, 6.07) is 1.74. The van der Waals surface area contributed by atoms with Gasteiger partial charge in [0, 0.05) is 39.9 Å². The Labute approximate surface area is 108 Å². The Morgan fingerprint density at radius 1 is 1.72 bits per heavy atom. The molecule has 18 heavy (non-hydrogen) atoms. The molecule has 0 aromatic heterocycles. The number of hydrogen-bond acceptors (Lipinski definition) is 5. The van der Waals surface area contributed by atoms with Gasteiger partial charge < -0.3 is 15.4 Å². The number of hydrogen-bond donors (Lipinski definition) is 2. The van der Waals surface area contributed by atoms with Crippen molar-refractivity contribution in [1.82, 2.24) is 15.5 Å². The first-order chi connectivity index (χ1) is 8.70. The van der Waals surface area contributed by atoms with E-state index in [9.17, 15) is 4.79 Å². The standard InChI is InChI=1S/C12H22N4O2/c1-10(12(17)15-4-3-7-18-2)16-6-5-14-9-11(16)8-13/h10-11,14H,3-7,9H2,1-2H3,(H,15,17). The number of carbonyl (C=O) groups excluding carboxylic acids is 1. The van der Waals surface area contributed by atoms with Gasteiger partial charge in [0.25, 0.3) is 0 Å². The molecule has 1 saturated heterocycles. The third kappa shape index (κ3) is 4.26. The Balaban J connectivity index is 2.39. The van der Waals surface area contributed by atoms with E-state index < -0.39 is 0 Å². The zero-order valence-electron chi connectivity index (χ0n) is 11.1. The fraction of sp³-hybridized carbons (Fsp3) is 0.833. The Bertz CT molecular complexity index is 303. The molecule has 2 unspecified atom stereocenters. The van der Waals surface area contributed by atoms with Crippen molar-refractivity contribution in [3.05, 3.63) is 0 Å². The zero-order valence-corrected chi connectivity index (χ0v) is 11.1. The van der Waals surface area contributed by atoms with Crippen molar-refractivity contribution in [2.75, 3.05) is 39.9 Å². The van der Waals surface area contributed by atoms with Crippen LogP contribution in [0, 0.1) is 11.3 Å². The summed E-state index contributed by atoms with van der Waals surface area (Å²) in [7, 11) is 1.64. The van der Waals surface area contributed by atoms with Gasteiger partial charge in [0.2, 0.25) is 5.91 Å². The van der Waals surface area contributed by atoms with Gasteiger partial charge in [0.05, 0.1) is 12.1 Å². The predicted octanol–water partition coefficient (Wildman–Crippen LogP) is -0.675. The highest BCUT2D eigenvalue weighted by Crippen LogP contribution is 2.08. The van der Waals surface area contributed by atoms with E-state index in [0.29, 0.717) is 19.7 Å². The molecule has 0 saturated carbocycles. The lowest BCUT2D eigenvalue weighted by atomic mass is 10.1. The van der Waals surface area contributed by atoms with E-state index in [0.717, 1.165) is 19.5 Å². The summed E-state index contributed by atoms with van der Waals surface area (Å²) in [6.45, 7) is 5.27. The molecule has 0 bridgehead atoms. The van der Waals surface area contributed by atoms with Gasteiger partial charge in [-0.25, -0.2) is 0 Å². The van der Waals surface area contributed by atoms with Crippen molar-refractivity contribution < 1.29 is 9.53 Å². The first kappa shape index (κ1) is 14.9. The van der Waals surface area contributed by atoms with Gasteiger partial charge in [-0.1, -0.05) is 0 Å². The van der Waals surface area contributed by atoms with Crippen LogP contribution < -0.4 is 10.6 Å². The molecule has 1 fully saturated rings. The number of piperazine rings is 1. The summed E-state index contributed by atoms with van der Waals surface area (Å²) in [5.74, 6) is -0.0201. The second-order valence-electron chi connectivity index (χ2n) is 4.40. The van der Waals surface area contributed by atoms with Gasteiger partial charge in [-0.15, -0.1) is 0 Å². The van der Waals surface area contributed by atoms with E-state index >= 15 is 0 Å². The van der Waals surface area contributed by atoms with Crippen LogP contribution in [0.1, 0.15) is 13.3 Å². The maximum Gasteiger partial charge on any atom is 0.237 e. The van der Waals surface area contributed by atoms with Crippen LogP contribution >= 0.6 is 0 Å². The number of nitrogens with zero attached hydrogens (tertiary/aromatic N) is 2. The minimum Gasteiger partial charge on any atom is -0.385 e. The SMILES string of the molecule is COCCCNC(=O)C(C)N1CCNCC1C#N. The van der Waals surface area contributed by atoms with E-state index in [1.807, 2.05) is 11.8 Å². The maximum absolute atomic E-state index is 11.9. The molecule has 0 aliphatic carbocycles. The topological polar surface area (TPSA) is 77.4 Å². The van der Waals surface area contributed by atoms with Gasteiger partial charge in [-0.3, -0.25) is 9.69 Å². The second kappa shape index (κ2) is 8.03. The van der Waals surface area contributed by atoms with Crippen molar-refractivity contribution >= 4 is 5.91 Å². The second-order valence-corrected chi connectivity index (χ2v) is 4.40.